The average Bonchev–Trinajstić information content (AvgIpc) is 2.59. The molecule has 1 aromatic rings. The Kier molecular flexibility index (Phi) is 11.5. The van der Waals surface area contributed by atoms with Crippen LogP contribution >= 0.6 is 0 Å². The van der Waals surface area contributed by atoms with Crippen LogP contribution in [0.25, 0.3) is 0 Å². The monoisotopic (exact) mass is 384 g/mol. The molecule has 0 aliphatic rings. The Bertz CT molecular complexity index is 588. The van der Waals surface area contributed by atoms with Gasteiger partial charge in [-0.05, 0) is 58.2 Å². The molecule has 27 heavy (non-hydrogen) atoms. The Balaban J connectivity index is 0.000000821. The number of aryl methyl sites for hydroxylation is 1. The predicted molar refractivity (Wildman–Crippen MR) is 103 cm³/mol. The molecule has 0 saturated heterocycles. The molecule has 6 nitrogen and oxygen atoms in total. The summed E-state index contributed by atoms with van der Waals surface area (Å²) >= 11 is 0. The van der Waals surface area contributed by atoms with E-state index in [1.165, 1.54) is 11.1 Å². The number of benzene rings is 1. The van der Waals surface area contributed by atoms with Gasteiger partial charge in [-0.15, -0.1) is 0 Å². The van der Waals surface area contributed by atoms with Gasteiger partial charge in [0.1, 0.15) is 11.4 Å². The maximum atomic E-state index is 13.4. The second kappa shape index (κ2) is 12.4. The van der Waals surface area contributed by atoms with Crippen LogP contribution in [0, 0.1) is 5.82 Å². The Labute approximate surface area is 161 Å². The minimum absolute atomic E-state index is 0.141. The van der Waals surface area contributed by atoms with Crippen LogP contribution < -0.4 is 5.73 Å². The molecular formula is C20H33FN2O4. The van der Waals surface area contributed by atoms with Gasteiger partial charge < -0.3 is 10.5 Å². The van der Waals surface area contributed by atoms with E-state index in [9.17, 15) is 14.0 Å². The number of hydrogen-bond donors (Lipinski definition) is 1. The first kappa shape index (κ1) is 25.0. The molecule has 0 aliphatic carbocycles. The molecule has 0 spiro atoms. The highest BCUT2D eigenvalue weighted by molar-refractivity contribution is 5.76. The fourth-order valence-electron chi connectivity index (χ4n) is 2.14. The molecule has 1 aromatic carbocycles. The highest BCUT2D eigenvalue weighted by Crippen LogP contribution is 2.19. The van der Waals surface area contributed by atoms with Crippen molar-refractivity contribution in [3.8, 4) is 0 Å². The molecule has 1 amide bonds. The maximum absolute atomic E-state index is 13.4. The summed E-state index contributed by atoms with van der Waals surface area (Å²) in [6.45, 7) is 12.4. The fraction of sp³-hybridized carbons (Fsp3) is 0.600. The normalized spacial score (nSPS) is 11.9. The van der Waals surface area contributed by atoms with E-state index in [0.29, 0.717) is 31.6 Å². The van der Waals surface area contributed by atoms with Gasteiger partial charge in [0.05, 0.1) is 6.61 Å². The van der Waals surface area contributed by atoms with Crippen molar-refractivity contribution in [2.45, 2.75) is 66.0 Å². The number of ether oxygens (including phenoxy) is 1. The fourth-order valence-corrected chi connectivity index (χ4v) is 2.14. The zero-order chi connectivity index (χ0) is 21.0. The molecule has 1 unspecified atom stereocenters. The number of carbonyl (C=O) groups is 2. The Morgan fingerprint density at radius 2 is 1.93 bits per heavy atom. The van der Waals surface area contributed by atoms with E-state index in [4.69, 9.17) is 10.6 Å². The van der Waals surface area contributed by atoms with E-state index in [1.807, 2.05) is 41.5 Å². The van der Waals surface area contributed by atoms with Crippen LogP contribution in [0.5, 0.6) is 0 Å². The van der Waals surface area contributed by atoms with Gasteiger partial charge in [0.15, 0.2) is 0 Å². The first-order chi connectivity index (χ1) is 12.6. The molecule has 1 rings (SSSR count). The van der Waals surface area contributed by atoms with Crippen LogP contribution in [0.4, 0.5) is 4.39 Å². The SMILES string of the molecule is CC(C)(C)OC=O.CCON(CC)C(=O)CC(N)c1ccc(F)c(CC)c1. The molecule has 0 bridgehead atoms. The van der Waals surface area contributed by atoms with Gasteiger partial charge in [0.25, 0.3) is 6.47 Å². The molecule has 2 N–H and O–H groups in total. The zero-order valence-electron chi connectivity index (χ0n) is 17.3. The standard InChI is InChI=1S/C15H23FN2O2.C5H10O2/c1-4-11-9-12(7-8-13(11)16)14(17)10-15(19)18(5-2)20-6-3;1-5(2,3)7-4-6/h7-9,14H,4-6,10,17H2,1-3H3;4H,1-3H3. The summed E-state index contributed by atoms with van der Waals surface area (Å²) in [6.07, 6.45) is 0.739. The maximum Gasteiger partial charge on any atom is 0.293 e. The smallest absolute Gasteiger partial charge is 0.293 e. The van der Waals surface area contributed by atoms with Gasteiger partial charge in [-0.2, -0.15) is 0 Å². The van der Waals surface area contributed by atoms with Crippen molar-refractivity contribution < 1.29 is 23.6 Å². The third kappa shape index (κ3) is 10.1. The number of rotatable bonds is 8. The third-order valence-corrected chi connectivity index (χ3v) is 3.53. The molecule has 0 saturated carbocycles. The summed E-state index contributed by atoms with van der Waals surface area (Å²) in [6, 6.07) is 4.30. The third-order valence-electron chi connectivity index (χ3n) is 3.53. The van der Waals surface area contributed by atoms with Gasteiger partial charge in [-0.1, -0.05) is 19.1 Å². The Hall–Kier alpha value is -1.99. The van der Waals surface area contributed by atoms with Gasteiger partial charge in [0, 0.05) is 19.0 Å². The predicted octanol–water partition coefficient (Wildman–Crippen LogP) is 3.54. The van der Waals surface area contributed by atoms with Crippen LogP contribution in [-0.4, -0.2) is 36.2 Å². The summed E-state index contributed by atoms with van der Waals surface area (Å²) in [4.78, 5) is 26.8. The van der Waals surface area contributed by atoms with Gasteiger partial charge in [-0.25, -0.2) is 9.45 Å². The molecular weight excluding hydrogens is 351 g/mol. The van der Waals surface area contributed by atoms with E-state index in [-0.39, 0.29) is 23.7 Å². The van der Waals surface area contributed by atoms with Crippen molar-refractivity contribution in [1.82, 2.24) is 5.06 Å². The van der Waals surface area contributed by atoms with Crippen LogP contribution in [0.2, 0.25) is 0 Å². The van der Waals surface area contributed by atoms with E-state index in [0.717, 1.165) is 5.56 Å². The molecule has 154 valence electrons. The van der Waals surface area contributed by atoms with Crippen molar-refractivity contribution in [1.29, 1.82) is 0 Å². The molecule has 0 aliphatic heterocycles. The number of nitrogens with zero attached hydrogens (tertiary/aromatic N) is 1. The summed E-state index contributed by atoms with van der Waals surface area (Å²) in [5, 5.41) is 1.31. The van der Waals surface area contributed by atoms with E-state index >= 15 is 0 Å². The largest absolute Gasteiger partial charge is 0.462 e. The summed E-state index contributed by atoms with van der Waals surface area (Å²) in [5.41, 5.74) is 7.10. The summed E-state index contributed by atoms with van der Waals surface area (Å²) in [7, 11) is 0. The van der Waals surface area contributed by atoms with Gasteiger partial charge in [0.2, 0.25) is 5.91 Å². The van der Waals surface area contributed by atoms with Gasteiger partial charge in [-0.3, -0.25) is 14.4 Å². The second-order valence-corrected chi connectivity index (χ2v) is 6.85. The highest BCUT2D eigenvalue weighted by Gasteiger charge is 2.18. The lowest BCUT2D eigenvalue weighted by Crippen LogP contribution is -2.33. The van der Waals surface area contributed by atoms with Crippen LogP contribution in [0.1, 0.15) is 65.1 Å². The molecule has 0 aromatic heterocycles. The number of amides is 1. The first-order valence-electron chi connectivity index (χ1n) is 9.18. The van der Waals surface area contributed by atoms with E-state index in [1.54, 1.807) is 12.1 Å². The van der Waals surface area contributed by atoms with E-state index < -0.39 is 6.04 Å². The lowest BCUT2D eigenvalue weighted by molar-refractivity contribution is -0.183. The van der Waals surface area contributed by atoms with Gasteiger partial charge >= 0.3 is 0 Å². The minimum atomic E-state index is -0.456. The topological polar surface area (TPSA) is 81.9 Å². The molecule has 7 heteroatoms. The summed E-state index contributed by atoms with van der Waals surface area (Å²) < 4.78 is 18.0. The van der Waals surface area contributed by atoms with Crippen molar-refractivity contribution in [2.24, 2.45) is 5.73 Å². The Morgan fingerprint density at radius 1 is 1.30 bits per heavy atom. The molecule has 0 fully saturated rings. The number of nitrogens with two attached hydrogens (primary N) is 1. The molecule has 0 radical (unpaired) electrons. The second-order valence-electron chi connectivity index (χ2n) is 6.85. The quantitative estimate of drug-likeness (QED) is 0.548. The van der Waals surface area contributed by atoms with E-state index in [2.05, 4.69) is 4.74 Å². The number of carbonyl (C=O) groups excluding carboxylic acids is 2. The van der Waals surface area contributed by atoms with Crippen LogP contribution in [-0.2, 0) is 25.6 Å². The Morgan fingerprint density at radius 3 is 2.33 bits per heavy atom. The van der Waals surface area contributed by atoms with Crippen LogP contribution in [0.15, 0.2) is 18.2 Å². The molecule has 1 atom stereocenters. The highest BCUT2D eigenvalue weighted by atomic mass is 19.1. The average molecular weight is 384 g/mol. The number of hydrogen-bond acceptors (Lipinski definition) is 5. The van der Waals surface area contributed by atoms with Crippen molar-refractivity contribution in [3.05, 3.63) is 35.1 Å². The first-order valence-corrected chi connectivity index (χ1v) is 9.18. The van der Waals surface area contributed by atoms with Crippen molar-refractivity contribution in [2.75, 3.05) is 13.2 Å². The zero-order valence-corrected chi connectivity index (χ0v) is 17.3. The van der Waals surface area contributed by atoms with Crippen molar-refractivity contribution >= 4 is 12.4 Å². The lowest BCUT2D eigenvalue weighted by Gasteiger charge is -2.21. The number of hydroxylamine groups is 2. The summed E-state index contributed by atoms with van der Waals surface area (Å²) in [5.74, 6) is -0.400. The van der Waals surface area contributed by atoms with Crippen molar-refractivity contribution in [3.63, 3.8) is 0 Å². The minimum Gasteiger partial charge on any atom is -0.462 e. The lowest BCUT2D eigenvalue weighted by atomic mass is 10.0. The van der Waals surface area contributed by atoms with Crippen LogP contribution in [0.3, 0.4) is 0 Å². The molecule has 0 heterocycles. The number of halogens is 1.